The number of fused-ring (bicyclic) bond motifs is 1. The molecular formula is C21H26ClN3O3S. The van der Waals surface area contributed by atoms with E-state index < -0.39 is 10.0 Å². The molecule has 2 fully saturated rings. The molecule has 156 valence electrons. The normalized spacial score (nSPS) is 20.9. The van der Waals surface area contributed by atoms with Crippen molar-refractivity contribution in [3.8, 4) is 0 Å². The van der Waals surface area contributed by atoms with Crippen LogP contribution < -0.4 is 10.0 Å². The van der Waals surface area contributed by atoms with E-state index in [-0.39, 0.29) is 29.8 Å². The van der Waals surface area contributed by atoms with E-state index >= 15 is 0 Å². The lowest BCUT2D eigenvalue weighted by atomic mass is 10.0. The lowest BCUT2D eigenvalue weighted by Gasteiger charge is -2.18. The number of carbonyl (C=O) groups is 1. The summed E-state index contributed by atoms with van der Waals surface area (Å²) in [5.41, 5.74) is 1.94. The van der Waals surface area contributed by atoms with Gasteiger partial charge in [0.15, 0.2) is 0 Å². The van der Waals surface area contributed by atoms with Crippen LogP contribution in [0.5, 0.6) is 0 Å². The smallest absolute Gasteiger partial charge is 0.253 e. The van der Waals surface area contributed by atoms with Gasteiger partial charge in [-0.3, -0.25) is 4.79 Å². The number of sulfonamides is 1. The summed E-state index contributed by atoms with van der Waals surface area (Å²) in [5, 5.41) is 3.36. The minimum atomic E-state index is -3.71. The first kappa shape index (κ1) is 21.8. The van der Waals surface area contributed by atoms with Gasteiger partial charge in [0.1, 0.15) is 0 Å². The van der Waals surface area contributed by atoms with Gasteiger partial charge in [-0.25, -0.2) is 13.1 Å². The van der Waals surface area contributed by atoms with Crippen LogP contribution in [0.3, 0.4) is 0 Å². The zero-order chi connectivity index (χ0) is 19.7. The number of amides is 1. The van der Waals surface area contributed by atoms with E-state index in [0.29, 0.717) is 23.0 Å². The maximum atomic E-state index is 12.9. The first-order chi connectivity index (χ1) is 13.4. The molecule has 0 saturated carbocycles. The van der Waals surface area contributed by atoms with Gasteiger partial charge in [-0.2, -0.15) is 0 Å². The molecule has 0 aliphatic carbocycles. The molecule has 2 aliphatic heterocycles. The summed E-state index contributed by atoms with van der Waals surface area (Å²) in [6.07, 6.45) is 0. The van der Waals surface area contributed by atoms with Gasteiger partial charge in [0, 0.05) is 38.3 Å². The number of benzene rings is 2. The summed E-state index contributed by atoms with van der Waals surface area (Å²) in [6, 6.07) is 14.3. The number of likely N-dealkylation sites (tertiary alicyclic amines) is 1. The molecule has 2 aromatic carbocycles. The fraction of sp³-hybridized carbons (Fsp3) is 0.381. The third kappa shape index (κ3) is 4.64. The lowest BCUT2D eigenvalue weighted by molar-refractivity contribution is 0.0781. The van der Waals surface area contributed by atoms with Crippen LogP contribution >= 0.6 is 12.4 Å². The van der Waals surface area contributed by atoms with E-state index in [1.807, 2.05) is 35.2 Å². The maximum Gasteiger partial charge on any atom is 0.253 e. The molecule has 8 heteroatoms. The van der Waals surface area contributed by atoms with Crippen molar-refractivity contribution in [2.45, 2.75) is 18.4 Å². The minimum Gasteiger partial charge on any atom is -0.338 e. The van der Waals surface area contributed by atoms with Crippen LogP contribution in [-0.2, 0) is 16.6 Å². The topological polar surface area (TPSA) is 78.5 Å². The maximum absolute atomic E-state index is 12.9. The van der Waals surface area contributed by atoms with Gasteiger partial charge in [-0.1, -0.05) is 36.4 Å². The SMILES string of the molecule is Cc1ccc(C(=O)N2C[C@H]3CNC[C@H]3C2)cc1S(=O)(=O)NCc1ccccc1.Cl. The van der Waals surface area contributed by atoms with Crippen LogP contribution in [0.4, 0.5) is 0 Å². The fourth-order valence-corrected chi connectivity index (χ4v) is 5.36. The van der Waals surface area contributed by atoms with Crippen molar-refractivity contribution >= 4 is 28.3 Å². The molecular weight excluding hydrogens is 410 g/mol. The van der Waals surface area contributed by atoms with Crippen molar-refractivity contribution in [2.75, 3.05) is 26.2 Å². The number of hydrogen-bond acceptors (Lipinski definition) is 4. The number of carbonyl (C=O) groups excluding carboxylic acids is 1. The van der Waals surface area contributed by atoms with Gasteiger partial charge >= 0.3 is 0 Å². The lowest BCUT2D eigenvalue weighted by Crippen LogP contribution is -2.32. The Morgan fingerprint density at radius 3 is 2.41 bits per heavy atom. The van der Waals surface area contributed by atoms with E-state index in [1.165, 1.54) is 6.07 Å². The predicted molar refractivity (Wildman–Crippen MR) is 115 cm³/mol. The molecule has 2 N–H and O–H groups in total. The molecule has 0 radical (unpaired) electrons. The zero-order valence-electron chi connectivity index (χ0n) is 16.3. The van der Waals surface area contributed by atoms with Crippen LogP contribution in [0.1, 0.15) is 21.5 Å². The first-order valence-electron chi connectivity index (χ1n) is 9.58. The highest BCUT2D eigenvalue weighted by molar-refractivity contribution is 7.89. The standard InChI is InChI=1S/C21H25N3O3S.ClH/c1-15-7-8-17(21(25)24-13-18-11-22-12-19(18)14-24)9-20(15)28(26,27)23-10-16-5-3-2-4-6-16;/h2-9,18-19,22-23H,10-14H2,1H3;1H/t18-,19+;. The Kier molecular flexibility index (Phi) is 6.63. The quantitative estimate of drug-likeness (QED) is 0.754. The van der Waals surface area contributed by atoms with Gasteiger partial charge in [0.2, 0.25) is 10.0 Å². The van der Waals surface area contributed by atoms with E-state index in [2.05, 4.69) is 10.0 Å². The molecule has 0 unspecified atom stereocenters. The largest absolute Gasteiger partial charge is 0.338 e. The molecule has 2 atom stereocenters. The summed E-state index contributed by atoms with van der Waals surface area (Å²) in [5.74, 6) is 0.921. The Hall–Kier alpha value is -1.93. The summed E-state index contributed by atoms with van der Waals surface area (Å²) in [6.45, 7) is 5.33. The van der Waals surface area contributed by atoms with E-state index in [0.717, 1.165) is 31.7 Å². The van der Waals surface area contributed by atoms with Crippen LogP contribution in [0.2, 0.25) is 0 Å². The van der Waals surface area contributed by atoms with Crippen molar-refractivity contribution in [1.82, 2.24) is 14.9 Å². The molecule has 2 aliphatic rings. The summed E-state index contributed by atoms with van der Waals surface area (Å²) >= 11 is 0. The summed E-state index contributed by atoms with van der Waals surface area (Å²) in [7, 11) is -3.71. The Balaban J connectivity index is 0.00000240. The highest BCUT2D eigenvalue weighted by Gasteiger charge is 2.38. The monoisotopic (exact) mass is 435 g/mol. The minimum absolute atomic E-state index is 0. The van der Waals surface area contributed by atoms with Crippen molar-refractivity contribution in [1.29, 1.82) is 0 Å². The molecule has 0 aromatic heterocycles. The van der Waals surface area contributed by atoms with Crippen molar-refractivity contribution in [2.24, 2.45) is 11.8 Å². The highest BCUT2D eigenvalue weighted by Crippen LogP contribution is 2.28. The molecule has 6 nitrogen and oxygen atoms in total. The molecule has 4 rings (SSSR count). The average Bonchev–Trinajstić information content (AvgIpc) is 3.29. The highest BCUT2D eigenvalue weighted by atomic mass is 35.5. The summed E-state index contributed by atoms with van der Waals surface area (Å²) in [4.78, 5) is 15.0. The third-order valence-electron chi connectivity index (χ3n) is 5.71. The number of halogens is 1. The van der Waals surface area contributed by atoms with Gasteiger partial charge in [-0.05, 0) is 42.0 Å². The second kappa shape index (κ2) is 8.83. The van der Waals surface area contributed by atoms with E-state index in [1.54, 1.807) is 19.1 Å². The number of nitrogens with one attached hydrogen (secondary N) is 2. The van der Waals surface area contributed by atoms with Crippen molar-refractivity contribution < 1.29 is 13.2 Å². The third-order valence-corrected chi connectivity index (χ3v) is 7.25. The Morgan fingerprint density at radius 1 is 1.10 bits per heavy atom. The molecule has 2 heterocycles. The molecule has 2 aromatic rings. The van der Waals surface area contributed by atoms with Gasteiger partial charge in [-0.15, -0.1) is 12.4 Å². The van der Waals surface area contributed by atoms with Crippen LogP contribution in [0.25, 0.3) is 0 Å². The zero-order valence-corrected chi connectivity index (χ0v) is 17.9. The second-order valence-electron chi connectivity index (χ2n) is 7.68. The van der Waals surface area contributed by atoms with Crippen LogP contribution in [0.15, 0.2) is 53.4 Å². The summed E-state index contributed by atoms with van der Waals surface area (Å²) < 4.78 is 28.3. The number of aryl methyl sites for hydroxylation is 1. The van der Waals surface area contributed by atoms with Crippen molar-refractivity contribution in [3.63, 3.8) is 0 Å². The average molecular weight is 436 g/mol. The molecule has 0 bridgehead atoms. The van der Waals surface area contributed by atoms with Crippen LogP contribution in [0, 0.1) is 18.8 Å². The number of rotatable bonds is 5. The van der Waals surface area contributed by atoms with Gasteiger partial charge < -0.3 is 10.2 Å². The molecule has 29 heavy (non-hydrogen) atoms. The molecule has 0 spiro atoms. The van der Waals surface area contributed by atoms with Gasteiger partial charge in [0.25, 0.3) is 5.91 Å². The second-order valence-corrected chi connectivity index (χ2v) is 9.41. The van der Waals surface area contributed by atoms with E-state index in [9.17, 15) is 13.2 Å². The Morgan fingerprint density at radius 2 is 1.76 bits per heavy atom. The first-order valence-corrected chi connectivity index (χ1v) is 11.1. The van der Waals surface area contributed by atoms with Crippen molar-refractivity contribution in [3.05, 3.63) is 65.2 Å². The predicted octanol–water partition coefficient (Wildman–Crippen LogP) is 2.19. The van der Waals surface area contributed by atoms with Crippen LogP contribution in [-0.4, -0.2) is 45.4 Å². The number of nitrogens with zero attached hydrogens (tertiary/aromatic N) is 1. The Labute approximate surface area is 178 Å². The molecule has 2 saturated heterocycles. The molecule has 1 amide bonds. The number of hydrogen-bond donors (Lipinski definition) is 2. The van der Waals surface area contributed by atoms with E-state index in [4.69, 9.17) is 0 Å². The Bertz CT molecular complexity index is 970. The fourth-order valence-electron chi connectivity index (χ4n) is 4.08. The van der Waals surface area contributed by atoms with Gasteiger partial charge in [0.05, 0.1) is 4.90 Å².